The second kappa shape index (κ2) is 7.80. The van der Waals surface area contributed by atoms with E-state index in [1.54, 1.807) is 0 Å². The van der Waals surface area contributed by atoms with Crippen molar-refractivity contribution in [1.29, 1.82) is 0 Å². The quantitative estimate of drug-likeness (QED) is 0.603. The molecule has 0 heterocycles. The first-order valence-corrected chi connectivity index (χ1v) is 9.96. The lowest BCUT2D eigenvalue weighted by Gasteiger charge is -2.14. The molecule has 0 radical (unpaired) electrons. The molecule has 0 aromatic heterocycles. The van der Waals surface area contributed by atoms with Gasteiger partial charge in [0, 0.05) is 5.56 Å². The van der Waals surface area contributed by atoms with E-state index >= 15 is 0 Å². The summed E-state index contributed by atoms with van der Waals surface area (Å²) in [7, 11) is -4.00. The number of halogens is 1. The summed E-state index contributed by atoms with van der Waals surface area (Å²) < 4.78 is 27.9. The fourth-order valence-electron chi connectivity index (χ4n) is 2.83. The molecule has 2 aromatic carbocycles. The highest BCUT2D eigenvalue weighted by Crippen LogP contribution is 2.23. The van der Waals surface area contributed by atoms with E-state index in [2.05, 4.69) is 0 Å². The predicted octanol–water partition coefficient (Wildman–Crippen LogP) is 3.26. The van der Waals surface area contributed by atoms with Crippen LogP contribution in [0.15, 0.2) is 29.2 Å². The summed E-state index contributed by atoms with van der Waals surface area (Å²) in [5.41, 5.74) is 4.04. The Hall–Kier alpha value is -2.22. The fourth-order valence-corrected chi connectivity index (χ4v) is 3.57. The summed E-state index contributed by atoms with van der Waals surface area (Å²) in [6, 6.07) is 5.35. The molecule has 0 bridgehead atoms. The molecule has 0 aliphatic rings. The molecule has 0 aliphatic carbocycles. The third kappa shape index (κ3) is 4.55. The van der Waals surface area contributed by atoms with Crippen molar-refractivity contribution in [2.45, 2.75) is 32.6 Å². The molecule has 0 amide bonds. The second-order valence-electron chi connectivity index (χ2n) is 6.32. The number of esters is 1. The van der Waals surface area contributed by atoms with Crippen LogP contribution < -0.4 is 5.14 Å². The molecule has 0 aliphatic heterocycles. The van der Waals surface area contributed by atoms with Gasteiger partial charge < -0.3 is 4.74 Å². The van der Waals surface area contributed by atoms with Gasteiger partial charge in [-0.3, -0.25) is 4.79 Å². The molecule has 2 rings (SSSR count). The average Bonchev–Trinajstić information content (AvgIpc) is 2.57. The number of sulfonamides is 1. The van der Waals surface area contributed by atoms with Crippen LogP contribution >= 0.6 is 11.6 Å². The Morgan fingerprint density at radius 2 is 1.67 bits per heavy atom. The van der Waals surface area contributed by atoms with E-state index in [1.165, 1.54) is 12.1 Å². The third-order valence-electron chi connectivity index (χ3n) is 4.46. The second-order valence-corrected chi connectivity index (χ2v) is 8.29. The average molecular weight is 410 g/mol. The molecular weight excluding hydrogens is 390 g/mol. The number of carbonyl (C=O) groups excluding carboxylic acids is 2. The van der Waals surface area contributed by atoms with Crippen molar-refractivity contribution in [3.63, 3.8) is 0 Å². The van der Waals surface area contributed by atoms with Gasteiger partial charge in [-0.2, -0.15) is 0 Å². The lowest BCUT2D eigenvalue weighted by atomic mass is 9.92. The minimum Gasteiger partial charge on any atom is -0.454 e. The van der Waals surface area contributed by atoms with E-state index in [0.717, 1.165) is 28.3 Å². The minimum absolute atomic E-state index is 0.00149. The Kier molecular flexibility index (Phi) is 6.09. The number of hydrogen-bond donors (Lipinski definition) is 1. The molecule has 2 N–H and O–H groups in total. The van der Waals surface area contributed by atoms with Crippen LogP contribution in [-0.4, -0.2) is 26.8 Å². The van der Waals surface area contributed by atoms with E-state index in [1.807, 2.05) is 33.8 Å². The number of ketones is 1. The molecule has 6 nitrogen and oxygen atoms in total. The minimum atomic E-state index is -4.00. The van der Waals surface area contributed by atoms with E-state index in [-0.39, 0.29) is 21.3 Å². The highest BCUT2D eigenvalue weighted by atomic mass is 35.5. The lowest BCUT2D eigenvalue weighted by Crippen LogP contribution is -2.18. The van der Waals surface area contributed by atoms with Crippen LogP contribution in [0.2, 0.25) is 5.02 Å². The maximum atomic E-state index is 12.6. The Morgan fingerprint density at radius 1 is 1.04 bits per heavy atom. The molecule has 144 valence electrons. The molecule has 0 fully saturated rings. The topological polar surface area (TPSA) is 104 Å². The maximum Gasteiger partial charge on any atom is 0.340 e. The molecule has 27 heavy (non-hydrogen) atoms. The van der Waals surface area contributed by atoms with Gasteiger partial charge in [-0.05, 0) is 68.1 Å². The highest BCUT2D eigenvalue weighted by Gasteiger charge is 2.20. The number of primary sulfonamides is 1. The van der Waals surface area contributed by atoms with Gasteiger partial charge >= 0.3 is 5.97 Å². The molecule has 0 saturated carbocycles. The number of benzene rings is 2. The number of aryl methyl sites for hydroxylation is 2. The van der Waals surface area contributed by atoms with Crippen LogP contribution in [0.25, 0.3) is 0 Å². The van der Waals surface area contributed by atoms with E-state index in [4.69, 9.17) is 21.5 Å². The van der Waals surface area contributed by atoms with Crippen molar-refractivity contribution in [3.8, 4) is 0 Å². The first kappa shape index (κ1) is 21.1. The first-order valence-electron chi connectivity index (χ1n) is 8.03. The van der Waals surface area contributed by atoms with Crippen LogP contribution in [0.4, 0.5) is 0 Å². The zero-order chi connectivity index (χ0) is 20.5. The van der Waals surface area contributed by atoms with Crippen LogP contribution in [0.3, 0.4) is 0 Å². The Labute approximate surface area is 163 Å². The number of rotatable bonds is 5. The third-order valence-corrected chi connectivity index (χ3v) is 5.70. The van der Waals surface area contributed by atoms with Crippen LogP contribution in [0, 0.1) is 27.7 Å². The van der Waals surface area contributed by atoms with Crippen LogP contribution in [0.5, 0.6) is 0 Å². The Bertz CT molecular complexity index is 1040. The maximum absolute atomic E-state index is 12.6. The lowest BCUT2D eigenvalue weighted by molar-refractivity contribution is 0.0474. The molecule has 0 spiro atoms. The van der Waals surface area contributed by atoms with Crippen molar-refractivity contribution >= 4 is 33.4 Å². The van der Waals surface area contributed by atoms with Crippen LogP contribution in [0.1, 0.15) is 43.0 Å². The summed E-state index contributed by atoms with van der Waals surface area (Å²) >= 11 is 5.94. The van der Waals surface area contributed by atoms with Gasteiger partial charge in [-0.15, -0.1) is 0 Å². The van der Waals surface area contributed by atoms with Gasteiger partial charge in [0.2, 0.25) is 15.8 Å². The van der Waals surface area contributed by atoms with Crippen molar-refractivity contribution in [1.82, 2.24) is 0 Å². The van der Waals surface area contributed by atoms with Gasteiger partial charge in [0.05, 0.1) is 15.5 Å². The SMILES string of the molecule is Cc1cc(C)c(C(=O)COC(=O)c2cc(S(N)(=O)=O)ccc2Cl)c(C)c1C. The zero-order valence-corrected chi connectivity index (χ0v) is 17.0. The number of ether oxygens (including phenoxy) is 1. The molecule has 8 heteroatoms. The first-order chi connectivity index (χ1) is 12.4. The monoisotopic (exact) mass is 409 g/mol. The number of carbonyl (C=O) groups is 2. The molecular formula is C19H20ClNO5S. The van der Waals surface area contributed by atoms with Crippen LogP contribution in [-0.2, 0) is 14.8 Å². The fraction of sp³-hybridized carbons (Fsp3) is 0.263. The van der Waals surface area contributed by atoms with E-state index in [9.17, 15) is 18.0 Å². The van der Waals surface area contributed by atoms with E-state index in [0.29, 0.717) is 5.56 Å². The summed E-state index contributed by atoms with van der Waals surface area (Å²) in [6.07, 6.45) is 0. The van der Waals surface area contributed by atoms with Gasteiger partial charge in [-0.1, -0.05) is 17.7 Å². The predicted molar refractivity (Wildman–Crippen MR) is 103 cm³/mol. The Balaban J connectivity index is 2.24. The molecule has 0 atom stereocenters. The summed E-state index contributed by atoms with van der Waals surface area (Å²) in [5.74, 6) is -1.25. The molecule has 0 saturated heterocycles. The normalized spacial score (nSPS) is 11.3. The summed E-state index contributed by atoms with van der Waals surface area (Å²) in [5, 5.41) is 5.06. The number of Topliss-reactive ketones (excluding diaryl/α,β-unsaturated/α-hetero) is 1. The standard InChI is InChI=1S/C19H20ClNO5S/c1-10-7-11(2)18(13(4)12(10)3)17(22)9-26-19(23)15-8-14(27(21,24)25)5-6-16(15)20/h5-8H,9H2,1-4H3,(H2,21,24,25). The molecule has 0 unspecified atom stereocenters. The van der Waals surface area contributed by atoms with Crippen molar-refractivity contribution in [2.24, 2.45) is 5.14 Å². The van der Waals surface area contributed by atoms with Gasteiger partial charge in [0.25, 0.3) is 0 Å². The zero-order valence-electron chi connectivity index (χ0n) is 15.4. The van der Waals surface area contributed by atoms with Gasteiger partial charge in [0.1, 0.15) is 0 Å². The van der Waals surface area contributed by atoms with E-state index < -0.39 is 22.6 Å². The number of nitrogens with two attached hydrogens (primary N) is 1. The highest BCUT2D eigenvalue weighted by molar-refractivity contribution is 7.89. The van der Waals surface area contributed by atoms with Crippen molar-refractivity contribution in [2.75, 3.05) is 6.61 Å². The van der Waals surface area contributed by atoms with Crippen molar-refractivity contribution < 1.29 is 22.7 Å². The Morgan fingerprint density at radius 3 is 2.26 bits per heavy atom. The number of hydrogen-bond acceptors (Lipinski definition) is 5. The molecule has 2 aromatic rings. The largest absolute Gasteiger partial charge is 0.454 e. The van der Waals surface area contributed by atoms with Gasteiger partial charge in [-0.25, -0.2) is 18.4 Å². The summed E-state index contributed by atoms with van der Waals surface area (Å²) in [6.45, 7) is 7.06. The summed E-state index contributed by atoms with van der Waals surface area (Å²) in [4.78, 5) is 24.6. The van der Waals surface area contributed by atoms with Gasteiger partial charge in [0.15, 0.2) is 6.61 Å². The van der Waals surface area contributed by atoms with Crippen molar-refractivity contribution in [3.05, 3.63) is 62.7 Å². The smallest absolute Gasteiger partial charge is 0.340 e.